The van der Waals surface area contributed by atoms with Crippen molar-refractivity contribution in [3.63, 3.8) is 0 Å². The normalized spacial score (nSPS) is 11.2. The second-order valence-electron chi connectivity index (χ2n) is 11.0. The van der Waals surface area contributed by atoms with Crippen molar-refractivity contribution in [3.8, 4) is 27.9 Å². The summed E-state index contributed by atoms with van der Waals surface area (Å²) in [6.07, 6.45) is 12.1. The minimum Gasteiger partial charge on any atom is -0.310 e. The van der Waals surface area contributed by atoms with Crippen molar-refractivity contribution in [2.24, 2.45) is 0 Å². The predicted octanol–water partition coefficient (Wildman–Crippen LogP) is 12.6. The predicted molar refractivity (Wildman–Crippen MR) is 201 cm³/mol. The lowest BCUT2D eigenvalue weighted by Gasteiger charge is -2.16. The molecule has 1 nitrogen and oxygen atoms in total. The Morgan fingerprint density at radius 1 is 0.667 bits per heavy atom. The zero-order chi connectivity index (χ0) is 32.5. The monoisotopic (exact) mass is 587 g/mol. The lowest BCUT2D eigenvalue weighted by atomic mass is 9.95. The van der Waals surface area contributed by atoms with Gasteiger partial charge >= 0.3 is 0 Å². The third-order valence-corrected chi connectivity index (χ3v) is 8.20. The average Bonchev–Trinajstić information content (AvgIpc) is 3.31. The van der Waals surface area contributed by atoms with E-state index in [1.807, 2.05) is 38.2 Å². The van der Waals surface area contributed by atoms with Crippen LogP contribution >= 0.6 is 0 Å². The molecule has 1 aromatic heterocycles. The van der Waals surface area contributed by atoms with Gasteiger partial charge in [-0.2, -0.15) is 0 Å². The summed E-state index contributed by atoms with van der Waals surface area (Å²) in [6.45, 7) is 24.9. The molecule has 5 aromatic rings. The molecule has 0 unspecified atom stereocenters. The van der Waals surface area contributed by atoms with Crippen molar-refractivity contribution in [1.29, 1.82) is 0 Å². The molecule has 0 amide bonds. The third kappa shape index (κ3) is 7.00. The number of hydrogen-bond donors (Lipinski definition) is 0. The molecule has 1 heteroatoms. The summed E-state index contributed by atoms with van der Waals surface area (Å²) in [4.78, 5) is 0. The van der Waals surface area contributed by atoms with Crippen LogP contribution < -0.4 is 0 Å². The van der Waals surface area contributed by atoms with Gasteiger partial charge in [-0.3, -0.25) is 0 Å². The first-order chi connectivity index (χ1) is 21.9. The first-order valence-electron chi connectivity index (χ1n) is 15.7. The van der Waals surface area contributed by atoms with Gasteiger partial charge in [0.15, 0.2) is 0 Å². The van der Waals surface area contributed by atoms with Gasteiger partial charge in [-0.05, 0) is 114 Å². The van der Waals surface area contributed by atoms with Gasteiger partial charge in [0, 0.05) is 17.1 Å². The number of hydrogen-bond acceptors (Lipinski definition) is 0. The molecule has 0 aliphatic rings. The molecule has 5 rings (SSSR count). The summed E-state index contributed by atoms with van der Waals surface area (Å²) in [6, 6.07) is 32.5. The van der Waals surface area contributed by atoms with Crippen LogP contribution in [0.4, 0.5) is 0 Å². The van der Waals surface area contributed by atoms with Crippen molar-refractivity contribution >= 4 is 23.8 Å². The smallest absolute Gasteiger partial charge is 0.0500 e. The van der Waals surface area contributed by atoms with Gasteiger partial charge in [-0.1, -0.05) is 136 Å². The highest BCUT2D eigenvalue weighted by Gasteiger charge is 2.18. The van der Waals surface area contributed by atoms with Crippen molar-refractivity contribution in [1.82, 2.24) is 4.57 Å². The number of rotatable bonds is 9. The van der Waals surface area contributed by atoms with E-state index < -0.39 is 0 Å². The van der Waals surface area contributed by atoms with Gasteiger partial charge in [0.2, 0.25) is 0 Å². The van der Waals surface area contributed by atoms with Crippen LogP contribution in [0.2, 0.25) is 0 Å². The fourth-order valence-corrected chi connectivity index (χ4v) is 5.78. The number of benzene rings is 4. The highest BCUT2D eigenvalue weighted by Crippen LogP contribution is 2.35. The minimum atomic E-state index is 1.07. The van der Waals surface area contributed by atoms with Gasteiger partial charge in [0.05, 0.1) is 0 Å². The van der Waals surface area contributed by atoms with Crippen LogP contribution in [0.3, 0.4) is 0 Å². The number of allylic oxidation sites excluding steroid dienone is 4. The molecule has 226 valence electrons. The lowest BCUT2D eigenvalue weighted by molar-refractivity contribution is 1.03. The first kappa shape index (κ1) is 32.8. The van der Waals surface area contributed by atoms with E-state index >= 15 is 0 Å². The molecule has 0 radical (unpaired) electrons. The van der Waals surface area contributed by atoms with Crippen LogP contribution in [-0.2, 0) is 0 Å². The Hall–Kier alpha value is -5.14. The highest BCUT2D eigenvalue weighted by atomic mass is 15.0. The minimum absolute atomic E-state index is 1.07. The maximum atomic E-state index is 4.22. The van der Waals surface area contributed by atoms with Crippen LogP contribution in [-0.4, -0.2) is 4.57 Å². The number of aryl methyl sites for hydroxylation is 2. The summed E-state index contributed by atoms with van der Waals surface area (Å²) in [5, 5.41) is 0. The molecule has 0 N–H and O–H groups in total. The summed E-state index contributed by atoms with van der Waals surface area (Å²) < 4.78 is 2.36. The molecule has 0 spiro atoms. The molecule has 0 saturated heterocycles. The molecule has 0 bridgehead atoms. The van der Waals surface area contributed by atoms with Crippen LogP contribution in [0.25, 0.3) is 51.7 Å². The Morgan fingerprint density at radius 2 is 1.36 bits per heavy atom. The lowest BCUT2D eigenvalue weighted by Crippen LogP contribution is -2.02. The van der Waals surface area contributed by atoms with E-state index in [0.29, 0.717) is 0 Å². The highest BCUT2D eigenvalue weighted by molar-refractivity contribution is 5.90. The largest absolute Gasteiger partial charge is 0.310 e. The van der Waals surface area contributed by atoms with E-state index in [0.717, 1.165) is 33.8 Å². The van der Waals surface area contributed by atoms with Crippen LogP contribution in [0.1, 0.15) is 58.6 Å². The molecule has 4 aromatic carbocycles. The third-order valence-electron chi connectivity index (χ3n) is 8.20. The van der Waals surface area contributed by atoms with E-state index in [9.17, 15) is 0 Å². The molecular formula is C44H45N. The number of aromatic nitrogens is 1. The number of nitrogens with zero attached hydrogens (tertiary/aromatic N) is 1. The van der Waals surface area contributed by atoms with Gasteiger partial charge in [-0.25, -0.2) is 0 Å². The summed E-state index contributed by atoms with van der Waals surface area (Å²) in [5.74, 6) is 0. The Labute approximate surface area is 270 Å². The fraction of sp³-hybridized carbons (Fsp3) is 0.136. The molecule has 0 aliphatic heterocycles. The standard InChI is InChI=1S/C42H39N.C2H6/c1-8-11-22-41-31(6)32(7)42(28-34(10-3)36-19-15-20-37(27-36)35-18-14-16-29(4)25-35)43(41)38-23-24-39(30(5)26-38)40-21-13-12-17-33(40)9-2;1-2/h8-28H,1-3H2,4-7H3;1-2H3/b22-11-,34-28+;. The zero-order valence-corrected chi connectivity index (χ0v) is 27.7. The molecule has 0 saturated carbocycles. The summed E-state index contributed by atoms with van der Waals surface area (Å²) in [7, 11) is 0. The molecule has 45 heavy (non-hydrogen) atoms. The van der Waals surface area contributed by atoms with Crippen LogP contribution in [0, 0.1) is 27.7 Å². The van der Waals surface area contributed by atoms with Crippen molar-refractivity contribution in [2.75, 3.05) is 0 Å². The van der Waals surface area contributed by atoms with Gasteiger partial charge in [0.1, 0.15) is 0 Å². The Bertz CT molecular complexity index is 1900. The van der Waals surface area contributed by atoms with E-state index in [2.05, 4.69) is 155 Å². The van der Waals surface area contributed by atoms with Crippen molar-refractivity contribution in [3.05, 3.63) is 174 Å². The summed E-state index contributed by atoms with van der Waals surface area (Å²) >= 11 is 0. The maximum Gasteiger partial charge on any atom is 0.0500 e. The van der Waals surface area contributed by atoms with Gasteiger partial charge < -0.3 is 4.57 Å². The van der Waals surface area contributed by atoms with E-state index in [1.165, 1.54) is 44.5 Å². The molecule has 0 fully saturated rings. The Morgan fingerprint density at radius 3 is 2.02 bits per heavy atom. The quantitative estimate of drug-likeness (QED) is 0.151. The van der Waals surface area contributed by atoms with Crippen LogP contribution in [0.15, 0.2) is 129 Å². The van der Waals surface area contributed by atoms with Crippen molar-refractivity contribution < 1.29 is 0 Å². The topological polar surface area (TPSA) is 4.93 Å². The van der Waals surface area contributed by atoms with Gasteiger partial charge in [-0.15, -0.1) is 0 Å². The maximum absolute atomic E-state index is 4.22. The molecule has 0 aliphatic carbocycles. The van der Waals surface area contributed by atoms with E-state index in [-0.39, 0.29) is 0 Å². The van der Waals surface area contributed by atoms with Crippen molar-refractivity contribution in [2.45, 2.75) is 41.5 Å². The molecule has 0 atom stereocenters. The average molecular weight is 588 g/mol. The molecule has 1 heterocycles. The second kappa shape index (κ2) is 15.0. The summed E-state index contributed by atoms with van der Waals surface area (Å²) in [5.41, 5.74) is 16.5. The Kier molecular flexibility index (Phi) is 11.0. The Balaban J connectivity index is 0.00000226. The van der Waals surface area contributed by atoms with E-state index in [4.69, 9.17) is 0 Å². The SMILES string of the molecule is C=C/C=C\c1c(C)c(C)c(/C=C(\C=C)c2cccc(-c3cccc(C)c3)c2)n1-c1ccc(-c2ccccc2C=C)c(C)c1.CC. The second-order valence-corrected chi connectivity index (χ2v) is 11.0. The van der Waals surface area contributed by atoms with Gasteiger partial charge in [0.25, 0.3) is 0 Å². The zero-order valence-electron chi connectivity index (χ0n) is 27.7. The van der Waals surface area contributed by atoms with E-state index in [1.54, 1.807) is 0 Å². The first-order valence-corrected chi connectivity index (χ1v) is 15.7. The van der Waals surface area contributed by atoms with Crippen LogP contribution in [0.5, 0.6) is 0 Å². The molecular weight excluding hydrogens is 542 g/mol. The fourth-order valence-electron chi connectivity index (χ4n) is 5.78.